The molecule has 8 nitrogen and oxygen atoms in total. The average Bonchev–Trinajstić information content (AvgIpc) is 3.58. The molecule has 0 spiro atoms. The quantitative estimate of drug-likeness (QED) is 0.463. The predicted octanol–water partition coefficient (Wildman–Crippen LogP) is 4.52. The summed E-state index contributed by atoms with van der Waals surface area (Å²) in [6.45, 7) is 3.71. The van der Waals surface area contributed by atoms with Crippen LogP contribution in [0.25, 0.3) is 5.69 Å². The Kier molecular flexibility index (Phi) is 6.94. The van der Waals surface area contributed by atoms with E-state index in [1.807, 2.05) is 25.1 Å². The van der Waals surface area contributed by atoms with Crippen LogP contribution in [0.3, 0.4) is 0 Å². The molecule has 2 fully saturated rings. The van der Waals surface area contributed by atoms with Gasteiger partial charge in [0.25, 0.3) is 21.5 Å². The molecule has 202 valence electrons. The van der Waals surface area contributed by atoms with Crippen molar-refractivity contribution in [2.75, 3.05) is 11.4 Å². The fourth-order valence-electron chi connectivity index (χ4n) is 6.33. The molecule has 2 aromatic carbocycles. The predicted molar refractivity (Wildman–Crippen MR) is 149 cm³/mol. The van der Waals surface area contributed by atoms with Gasteiger partial charge in [-0.15, -0.1) is 0 Å². The van der Waals surface area contributed by atoms with Crippen LogP contribution in [-0.2, 0) is 17.1 Å². The van der Waals surface area contributed by atoms with Gasteiger partial charge in [0.1, 0.15) is 5.69 Å². The molecule has 0 saturated heterocycles. The Hall–Kier alpha value is -3.04. The van der Waals surface area contributed by atoms with Gasteiger partial charge < -0.3 is 5.32 Å². The molecule has 2 bridgehead atoms. The van der Waals surface area contributed by atoms with Gasteiger partial charge in [0.2, 0.25) is 0 Å². The van der Waals surface area contributed by atoms with Crippen LogP contribution in [0.5, 0.6) is 0 Å². The minimum absolute atomic E-state index is 0.0276. The number of carbonyl (C=O) groups excluding carboxylic acids is 1. The second kappa shape index (κ2) is 9.93. The number of anilines is 1. The highest BCUT2D eigenvalue weighted by Crippen LogP contribution is 2.49. The maximum atomic E-state index is 13.7. The Morgan fingerprint density at radius 3 is 2.47 bits per heavy atom. The molecule has 0 radical (unpaired) electrons. The molecule has 0 aliphatic heterocycles. The van der Waals surface area contributed by atoms with Crippen LogP contribution in [0.1, 0.15) is 48.7 Å². The number of hydrogen-bond acceptors (Lipinski definition) is 4. The molecule has 5 rings (SSSR count). The van der Waals surface area contributed by atoms with E-state index in [9.17, 15) is 18.0 Å². The van der Waals surface area contributed by atoms with Gasteiger partial charge in [0.15, 0.2) is 0 Å². The van der Waals surface area contributed by atoms with E-state index in [2.05, 4.69) is 5.32 Å². The third-order valence-electron chi connectivity index (χ3n) is 8.47. The van der Waals surface area contributed by atoms with Crippen LogP contribution < -0.4 is 15.2 Å². The monoisotopic (exact) mass is 556 g/mol. The van der Waals surface area contributed by atoms with Crippen molar-refractivity contribution in [2.24, 2.45) is 24.8 Å². The molecule has 1 amide bonds. The lowest BCUT2D eigenvalue weighted by Crippen LogP contribution is -2.40. The maximum absolute atomic E-state index is 13.7. The lowest BCUT2D eigenvalue weighted by molar-refractivity contribution is 0.0915. The summed E-state index contributed by atoms with van der Waals surface area (Å²) in [6, 6.07) is 13.1. The molecule has 4 atom stereocenters. The molecule has 3 aromatic rings. The van der Waals surface area contributed by atoms with E-state index in [-0.39, 0.29) is 27.2 Å². The summed E-state index contributed by atoms with van der Waals surface area (Å²) in [5.41, 5.74) is 0.769. The van der Waals surface area contributed by atoms with E-state index in [1.165, 1.54) is 49.2 Å². The summed E-state index contributed by atoms with van der Waals surface area (Å²) in [4.78, 5) is 26.5. The molecule has 10 heteroatoms. The van der Waals surface area contributed by atoms with Crippen LogP contribution in [-0.4, -0.2) is 36.8 Å². The second-order valence-electron chi connectivity index (χ2n) is 10.6. The SMILES string of the molecule is Cc1c(N(C)S(=O)(=O)c2ccc(Cl)c(C(=O)N[C@@H](C)[C@H]3C[C@@H]4CC[C@@H]3C4)c2)c(=O)n(-c2ccccc2)n1C. The number of carbonyl (C=O) groups is 1. The Labute approximate surface area is 228 Å². The van der Waals surface area contributed by atoms with E-state index in [0.29, 0.717) is 23.2 Å². The van der Waals surface area contributed by atoms with Crippen LogP contribution in [0, 0.1) is 24.7 Å². The molecular weight excluding hydrogens is 524 g/mol. The number of amides is 1. The zero-order chi connectivity index (χ0) is 27.4. The normalized spacial score (nSPS) is 21.4. The number of benzene rings is 2. The van der Waals surface area contributed by atoms with Gasteiger partial charge >= 0.3 is 0 Å². The number of halogens is 1. The highest BCUT2D eigenvalue weighted by Gasteiger charge is 2.42. The van der Waals surface area contributed by atoms with Crippen molar-refractivity contribution in [3.05, 3.63) is 75.2 Å². The summed E-state index contributed by atoms with van der Waals surface area (Å²) in [6.07, 6.45) is 4.84. The van der Waals surface area contributed by atoms with E-state index >= 15 is 0 Å². The van der Waals surface area contributed by atoms with Crippen LogP contribution in [0.2, 0.25) is 5.02 Å². The first kappa shape index (κ1) is 26.6. The standard InChI is InChI=1S/C28H33ClN4O4S/c1-17(23-15-19-10-11-20(23)14-19)30-27(34)24-16-22(12-13-25(24)29)38(36,37)32(4)26-18(2)31(3)33(28(26)35)21-8-6-5-7-9-21/h5-9,12-13,16-17,19-20,23H,10-11,14-15H2,1-4H3,(H,30,34)/t17-,19+,20+,23+/m0/s1. The Morgan fingerprint density at radius 2 is 1.84 bits per heavy atom. The summed E-state index contributed by atoms with van der Waals surface area (Å²) in [5, 5.41) is 3.23. The van der Waals surface area contributed by atoms with E-state index < -0.39 is 21.5 Å². The Bertz CT molecular complexity index is 1550. The lowest BCUT2D eigenvalue weighted by atomic mass is 9.84. The van der Waals surface area contributed by atoms with Crippen molar-refractivity contribution < 1.29 is 13.2 Å². The molecule has 2 saturated carbocycles. The van der Waals surface area contributed by atoms with E-state index in [4.69, 9.17) is 11.6 Å². The van der Waals surface area contributed by atoms with Crippen molar-refractivity contribution in [2.45, 2.75) is 50.5 Å². The summed E-state index contributed by atoms with van der Waals surface area (Å²) in [7, 11) is -1.13. The number of rotatable bonds is 7. The molecule has 1 N–H and O–H groups in total. The molecule has 2 aliphatic rings. The van der Waals surface area contributed by atoms with Gasteiger partial charge in [-0.25, -0.2) is 13.1 Å². The van der Waals surface area contributed by atoms with Crippen molar-refractivity contribution in [3.63, 3.8) is 0 Å². The minimum atomic E-state index is -4.18. The molecule has 1 aromatic heterocycles. The minimum Gasteiger partial charge on any atom is -0.349 e. The third-order valence-corrected chi connectivity index (χ3v) is 10.6. The maximum Gasteiger partial charge on any atom is 0.296 e. The van der Waals surface area contributed by atoms with Gasteiger partial charge in [-0.05, 0) is 81.2 Å². The van der Waals surface area contributed by atoms with Crippen molar-refractivity contribution in [1.29, 1.82) is 0 Å². The number of fused-ring (bicyclic) bond motifs is 2. The third kappa shape index (κ3) is 4.45. The van der Waals surface area contributed by atoms with Crippen LogP contribution >= 0.6 is 11.6 Å². The zero-order valence-corrected chi connectivity index (χ0v) is 23.6. The van der Waals surface area contributed by atoms with Crippen LogP contribution in [0.4, 0.5) is 5.69 Å². The number of aromatic nitrogens is 2. The molecule has 0 unspecified atom stereocenters. The first-order valence-corrected chi connectivity index (χ1v) is 14.8. The zero-order valence-electron chi connectivity index (χ0n) is 22.0. The summed E-state index contributed by atoms with van der Waals surface area (Å²) >= 11 is 6.36. The fourth-order valence-corrected chi connectivity index (χ4v) is 7.81. The fraction of sp³-hybridized carbons (Fsp3) is 0.429. The number of sulfonamides is 1. The summed E-state index contributed by atoms with van der Waals surface area (Å²) < 4.78 is 31.4. The lowest BCUT2D eigenvalue weighted by Gasteiger charge is -2.28. The van der Waals surface area contributed by atoms with Crippen LogP contribution in [0.15, 0.2) is 58.2 Å². The average molecular weight is 557 g/mol. The second-order valence-corrected chi connectivity index (χ2v) is 13.0. The Balaban J connectivity index is 1.44. The Morgan fingerprint density at radius 1 is 1.13 bits per heavy atom. The molecule has 2 aliphatic carbocycles. The number of nitrogens with one attached hydrogen (secondary N) is 1. The smallest absolute Gasteiger partial charge is 0.296 e. The number of hydrogen-bond donors (Lipinski definition) is 1. The topological polar surface area (TPSA) is 93.4 Å². The van der Waals surface area contributed by atoms with Crippen molar-refractivity contribution >= 4 is 33.2 Å². The van der Waals surface area contributed by atoms with Gasteiger partial charge in [-0.2, -0.15) is 0 Å². The van der Waals surface area contributed by atoms with Crippen molar-refractivity contribution in [1.82, 2.24) is 14.7 Å². The number of nitrogens with zero attached hydrogens (tertiary/aromatic N) is 3. The number of para-hydroxylation sites is 1. The van der Waals surface area contributed by atoms with Gasteiger partial charge in [-0.3, -0.25) is 18.6 Å². The van der Waals surface area contributed by atoms with Gasteiger partial charge in [0.05, 0.1) is 26.9 Å². The van der Waals surface area contributed by atoms with E-state index in [0.717, 1.165) is 16.6 Å². The first-order chi connectivity index (χ1) is 18.0. The van der Waals surface area contributed by atoms with Crippen molar-refractivity contribution in [3.8, 4) is 5.69 Å². The molecular formula is C28H33ClN4O4S. The molecule has 38 heavy (non-hydrogen) atoms. The van der Waals surface area contributed by atoms with Gasteiger partial charge in [0, 0.05) is 20.1 Å². The first-order valence-electron chi connectivity index (χ1n) is 12.9. The highest BCUT2D eigenvalue weighted by molar-refractivity contribution is 7.92. The molecule has 1 heterocycles. The highest BCUT2D eigenvalue weighted by atomic mass is 35.5. The van der Waals surface area contributed by atoms with E-state index in [1.54, 1.807) is 30.8 Å². The van der Waals surface area contributed by atoms with Gasteiger partial charge in [-0.1, -0.05) is 36.2 Å². The largest absolute Gasteiger partial charge is 0.349 e. The summed E-state index contributed by atoms with van der Waals surface area (Å²) in [5.74, 6) is 1.43.